The number of carbonyl (C=O) groups excluding carboxylic acids is 1. The van der Waals surface area contributed by atoms with E-state index in [4.69, 9.17) is 62.8 Å². The number of hydrogen-bond donors (Lipinski definition) is 0. The fourth-order valence-corrected chi connectivity index (χ4v) is 3.20. The maximum Gasteiger partial charge on any atom is 0.427 e. The van der Waals surface area contributed by atoms with Gasteiger partial charge in [0.05, 0.1) is 62.8 Å². The van der Waals surface area contributed by atoms with Crippen molar-refractivity contribution in [2.75, 3.05) is 0 Å². The Kier molecular flexibility index (Phi) is 6.60. The van der Waals surface area contributed by atoms with Crippen LogP contribution in [0.3, 0.4) is 0 Å². The fraction of sp³-hybridized carbons (Fsp3) is 0.917. The summed E-state index contributed by atoms with van der Waals surface area (Å²) in [5, 5.41) is -11.7. The first-order valence-corrected chi connectivity index (χ1v) is 8.19. The fourth-order valence-electron chi connectivity index (χ4n) is 3.20. The van der Waals surface area contributed by atoms with Crippen molar-refractivity contribution in [3.05, 3.63) is 0 Å². The third-order valence-electron chi connectivity index (χ3n) is 4.71. The highest BCUT2D eigenvalue weighted by Crippen LogP contribution is 2.48. The molecule has 0 saturated carbocycles. The van der Waals surface area contributed by atoms with Gasteiger partial charge in [-0.3, -0.25) is 0 Å². The van der Waals surface area contributed by atoms with E-state index in [0.29, 0.717) is 0 Å². The normalized spacial score (nSPS) is 23.8. The first-order valence-electron chi connectivity index (χ1n) is 8.19. The number of amides is 1. The van der Waals surface area contributed by atoms with Gasteiger partial charge in [0.2, 0.25) is 0 Å². The van der Waals surface area contributed by atoms with E-state index in [1.165, 1.54) is 20.8 Å². The lowest BCUT2D eigenvalue weighted by molar-refractivity contribution is -0.331. The van der Waals surface area contributed by atoms with Crippen LogP contribution in [0.1, 0.15) is 20.8 Å². The molecule has 0 aromatic heterocycles. The predicted octanol–water partition coefficient (Wildman–Crippen LogP) is -1.51. The molecule has 1 aliphatic rings. The summed E-state index contributed by atoms with van der Waals surface area (Å²) in [6, 6.07) is 0. The number of alkyl halides is 6. The molecule has 0 spiro atoms. The Labute approximate surface area is 188 Å². The van der Waals surface area contributed by atoms with Gasteiger partial charge in [0.25, 0.3) is 5.50 Å². The van der Waals surface area contributed by atoms with Crippen LogP contribution in [0.15, 0.2) is 0 Å². The Bertz CT molecular complexity index is 694. The van der Waals surface area contributed by atoms with Crippen molar-refractivity contribution in [2.45, 2.75) is 65.5 Å². The van der Waals surface area contributed by atoms with Crippen molar-refractivity contribution in [2.24, 2.45) is 0 Å². The molecule has 1 amide bonds. The third-order valence-corrected chi connectivity index (χ3v) is 4.71. The average Bonchev–Trinajstić information content (AvgIpc) is 2.39. The van der Waals surface area contributed by atoms with E-state index in [2.05, 4.69) is 12.6 Å². The zero-order chi connectivity index (χ0) is 25.4. The molecule has 0 atom stereocenters. The molecule has 18 radical (unpaired) electrons. The molecule has 1 aliphatic heterocycles. The highest BCUT2D eigenvalue weighted by atomic mass is 19.4. The molecule has 0 N–H and O–H groups in total. The molecule has 0 aliphatic carbocycles. The molecule has 0 unspecified atom stereocenters. The number of carbonyl (C=O) groups is 1. The van der Waals surface area contributed by atoms with Crippen LogP contribution in [0.4, 0.5) is 31.1 Å². The van der Waals surface area contributed by atoms with Crippen molar-refractivity contribution < 1.29 is 35.9 Å². The predicted molar refractivity (Wildman–Crippen MR) is 107 cm³/mol. The third kappa shape index (κ3) is 3.99. The van der Waals surface area contributed by atoms with Crippen LogP contribution in [0.5, 0.6) is 0 Å². The van der Waals surface area contributed by atoms with Gasteiger partial charge < -0.3 is 14.5 Å². The molecular formula is C12H9B9F6N2O2. The van der Waals surface area contributed by atoms with Crippen molar-refractivity contribution in [1.82, 2.24) is 9.80 Å². The van der Waals surface area contributed by atoms with Crippen LogP contribution < -0.4 is 0 Å². The van der Waals surface area contributed by atoms with Gasteiger partial charge in [0, 0.05) is 5.54 Å². The standard InChI is InChI=1S/C12H9B9F6N2O2/c1-5(2,3)29-9(18,19)7(14,15)28(8(16,17)10(29,20)21)4(30)31-6(13,11(22,23)24)12(25,26)27/h1-3H3. The summed E-state index contributed by atoms with van der Waals surface area (Å²) in [5.74, 6) is 0. The van der Waals surface area contributed by atoms with Crippen LogP contribution in [0.25, 0.3) is 0 Å². The van der Waals surface area contributed by atoms with E-state index in [9.17, 15) is 31.1 Å². The molecule has 148 valence electrons. The van der Waals surface area contributed by atoms with Crippen LogP contribution in [-0.2, 0) is 4.74 Å². The molecule has 1 heterocycles. The molecule has 0 aromatic carbocycles. The van der Waals surface area contributed by atoms with Gasteiger partial charge in [-0.05, 0) is 42.1 Å². The number of rotatable bonds is 1. The topological polar surface area (TPSA) is 32.8 Å². The van der Waals surface area contributed by atoms with Gasteiger partial charge in [-0.15, -0.1) is 0 Å². The van der Waals surface area contributed by atoms with E-state index in [1.807, 2.05) is 0 Å². The molecule has 31 heavy (non-hydrogen) atoms. The van der Waals surface area contributed by atoms with Crippen molar-refractivity contribution in [3.8, 4) is 0 Å². The van der Waals surface area contributed by atoms with Crippen molar-refractivity contribution >= 4 is 76.7 Å². The van der Waals surface area contributed by atoms with Gasteiger partial charge >= 0.3 is 18.4 Å². The second-order valence-electron chi connectivity index (χ2n) is 8.24. The zero-order valence-corrected chi connectivity index (χ0v) is 16.7. The average molecular weight is 425 g/mol. The number of ether oxygens (including phenoxy) is 1. The molecule has 4 nitrogen and oxygen atoms in total. The Morgan fingerprint density at radius 1 is 0.710 bits per heavy atom. The lowest BCUT2D eigenvalue weighted by Crippen LogP contribution is -2.94. The maximum absolute atomic E-state index is 13.1. The Morgan fingerprint density at radius 2 is 1.00 bits per heavy atom. The SMILES string of the molecule is [B]C1([B])N(C(=O)OC([B])(C(F)(F)F)C(F)(F)F)C([B])([B])C([B])([B])N(C(C)(C)C)C1([B])[B]. The minimum absolute atomic E-state index is 0.429. The lowest BCUT2D eigenvalue weighted by atomic mass is 9.26. The van der Waals surface area contributed by atoms with E-state index in [0.717, 1.165) is 4.90 Å². The lowest BCUT2D eigenvalue weighted by Gasteiger charge is -2.77. The Balaban J connectivity index is 3.74. The minimum Gasteiger partial charge on any atom is -0.434 e. The second kappa shape index (κ2) is 7.19. The quantitative estimate of drug-likeness (QED) is 0.379. The molecular weight excluding hydrogens is 415 g/mol. The maximum atomic E-state index is 13.1. The summed E-state index contributed by atoms with van der Waals surface area (Å²) < 4.78 is 81.9. The molecule has 0 bridgehead atoms. The van der Waals surface area contributed by atoms with E-state index in [-0.39, 0.29) is 0 Å². The monoisotopic (exact) mass is 426 g/mol. The van der Waals surface area contributed by atoms with Crippen LogP contribution in [0, 0.1) is 0 Å². The van der Waals surface area contributed by atoms with Gasteiger partial charge in [0.1, 0.15) is 0 Å². The summed E-state index contributed by atoms with van der Waals surface area (Å²) >= 11 is 0. The summed E-state index contributed by atoms with van der Waals surface area (Å²) in [4.78, 5) is 12.8. The summed E-state index contributed by atoms with van der Waals surface area (Å²) in [6.45, 7) is 4.23. The zero-order valence-electron chi connectivity index (χ0n) is 16.7. The van der Waals surface area contributed by atoms with Gasteiger partial charge in [-0.25, -0.2) is 4.79 Å². The first kappa shape index (κ1) is 28.4. The number of halogens is 6. The van der Waals surface area contributed by atoms with Crippen LogP contribution >= 0.6 is 0 Å². The second-order valence-corrected chi connectivity index (χ2v) is 8.24. The van der Waals surface area contributed by atoms with Gasteiger partial charge in [0.15, 0.2) is 7.85 Å². The molecule has 0 aromatic rings. The number of nitrogens with zero attached hydrogens (tertiary/aromatic N) is 2. The largest absolute Gasteiger partial charge is 0.434 e. The Hall–Kier alpha value is -0.606. The molecule has 1 fully saturated rings. The number of piperazine rings is 1. The summed E-state index contributed by atoms with van der Waals surface area (Å²) in [6.07, 6.45) is -15.3. The highest BCUT2D eigenvalue weighted by molar-refractivity contribution is 6.60. The van der Waals surface area contributed by atoms with E-state index in [1.54, 1.807) is 0 Å². The summed E-state index contributed by atoms with van der Waals surface area (Å²) in [7, 11) is 51.0. The minimum atomic E-state index is -6.35. The van der Waals surface area contributed by atoms with Crippen molar-refractivity contribution in [1.29, 1.82) is 0 Å². The van der Waals surface area contributed by atoms with E-state index >= 15 is 0 Å². The first-order chi connectivity index (χ1) is 13.1. The van der Waals surface area contributed by atoms with Crippen LogP contribution in [-0.4, -0.2) is 131 Å². The van der Waals surface area contributed by atoms with Gasteiger partial charge in [-0.1, -0.05) is 0 Å². The molecule has 1 saturated heterocycles. The van der Waals surface area contributed by atoms with Crippen LogP contribution in [0.2, 0.25) is 0 Å². The van der Waals surface area contributed by atoms with Crippen molar-refractivity contribution in [3.63, 3.8) is 0 Å². The molecule has 19 heteroatoms. The van der Waals surface area contributed by atoms with E-state index < -0.39 is 55.7 Å². The highest BCUT2D eigenvalue weighted by Gasteiger charge is 2.72. The number of hydrogen-bond acceptors (Lipinski definition) is 3. The Morgan fingerprint density at radius 3 is 1.23 bits per heavy atom. The molecule has 1 rings (SSSR count). The smallest absolute Gasteiger partial charge is 0.427 e. The summed E-state index contributed by atoms with van der Waals surface area (Å²) in [5.41, 5.74) is -6.80. The van der Waals surface area contributed by atoms with Gasteiger partial charge in [-0.2, -0.15) is 26.3 Å².